The lowest BCUT2D eigenvalue weighted by molar-refractivity contribution is -0.625. The lowest BCUT2D eigenvalue weighted by Crippen LogP contribution is -2.37. The zero-order valence-corrected chi connectivity index (χ0v) is 16.3. The molecule has 0 radical (unpaired) electrons. The summed E-state index contributed by atoms with van der Waals surface area (Å²) in [5.74, 6) is -1.68. The molecular formula is C20H20N2O8. The lowest BCUT2D eigenvalue weighted by Gasteiger charge is -2.15. The molecule has 2 unspecified atom stereocenters. The Kier molecular flexibility index (Phi) is 6.88. The van der Waals surface area contributed by atoms with Gasteiger partial charge in [-0.15, -0.1) is 0 Å². The predicted molar refractivity (Wildman–Crippen MR) is 102 cm³/mol. The van der Waals surface area contributed by atoms with Crippen molar-refractivity contribution in [1.29, 1.82) is 0 Å². The average molecular weight is 416 g/mol. The van der Waals surface area contributed by atoms with Crippen LogP contribution >= 0.6 is 0 Å². The van der Waals surface area contributed by atoms with Crippen molar-refractivity contribution in [2.45, 2.75) is 12.2 Å². The van der Waals surface area contributed by atoms with Crippen LogP contribution in [0.15, 0.2) is 61.0 Å². The van der Waals surface area contributed by atoms with Crippen molar-refractivity contribution in [3.8, 4) is 11.4 Å². The summed E-state index contributed by atoms with van der Waals surface area (Å²) in [7, 11) is 2.25. The van der Waals surface area contributed by atoms with Gasteiger partial charge in [-0.1, -0.05) is 13.2 Å². The van der Waals surface area contributed by atoms with E-state index in [-0.39, 0.29) is 33.7 Å². The normalized spacial score (nSPS) is 12.5. The van der Waals surface area contributed by atoms with Crippen LogP contribution in [-0.4, -0.2) is 36.4 Å². The molecule has 2 heterocycles. The summed E-state index contributed by atoms with van der Waals surface area (Å²) in [5.41, 5.74) is -0.676. The van der Waals surface area contributed by atoms with Crippen LogP contribution in [-0.2, 0) is 19.1 Å². The summed E-state index contributed by atoms with van der Waals surface area (Å²) in [4.78, 5) is 23.2. The number of nitrogens with zero attached hydrogens (tertiary/aromatic N) is 2. The van der Waals surface area contributed by atoms with Crippen LogP contribution < -0.4 is 9.46 Å². The Balaban J connectivity index is 2.51. The zero-order valence-electron chi connectivity index (χ0n) is 16.3. The largest absolute Gasteiger partial charge is 0.618 e. The van der Waals surface area contributed by atoms with Crippen LogP contribution in [0.1, 0.15) is 23.3 Å². The van der Waals surface area contributed by atoms with Crippen molar-refractivity contribution in [2.75, 3.05) is 14.2 Å². The summed E-state index contributed by atoms with van der Waals surface area (Å²) in [6.45, 7) is 6.92. The second-order valence-corrected chi connectivity index (χ2v) is 6.18. The van der Waals surface area contributed by atoms with Crippen LogP contribution in [0.4, 0.5) is 0 Å². The summed E-state index contributed by atoms with van der Waals surface area (Å²) in [6.07, 6.45) is -0.889. The van der Waals surface area contributed by atoms with Gasteiger partial charge in [0.1, 0.15) is 12.2 Å². The highest BCUT2D eigenvalue weighted by Gasteiger charge is 2.27. The van der Waals surface area contributed by atoms with E-state index in [1.807, 2.05) is 0 Å². The van der Waals surface area contributed by atoms with Crippen molar-refractivity contribution in [2.24, 2.45) is 0 Å². The minimum absolute atomic E-state index is 0.109. The Morgan fingerprint density at radius 1 is 0.867 bits per heavy atom. The van der Waals surface area contributed by atoms with Gasteiger partial charge in [-0.2, -0.15) is 9.46 Å². The Hall–Kier alpha value is -3.76. The molecule has 0 saturated heterocycles. The van der Waals surface area contributed by atoms with Gasteiger partial charge in [0.15, 0.2) is 12.4 Å². The monoisotopic (exact) mass is 416 g/mol. The number of carbonyl (C=O) groups is 2. The minimum Gasteiger partial charge on any atom is -0.618 e. The summed E-state index contributed by atoms with van der Waals surface area (Å²) < 4.78 is 9.76. The molecule has 2 atom stereocenters. The maximum atomic E-state index is 12.3. The molecule has 0 amide bonds. The standard InChI is InChI=1S/C20H20N2O8/c1-11(19(25)29-3)17(23)13-5-7-21(27)15(9-13)16-10-14(6-8-22(16)28)18(24)12(2)20(26)30-4/h5-10,17-18,23-24H,1-2H2,3-4H3. The maximum absolute atomic E-state index is 12.3. The van der Waals surface area contributed by atoms with Crippen molar-refractivity contribution in [3.63, 3.8) is 0 Å². The van der Waals surface area contributed by atoms with Crippen LogP contribution in [0, 0.1) is 10.4 Å². The molecule has 10 nitrogen and oxygen atoms in total. The van der Waals surface area contributed by atoms with Crippen LogP contribution in [0.25, 0.3) is 11.4 Å². The first-order valence-electron chi connectivity index (χ1n) is 8.49. The number of aliphatic hydroxyl groups is 2. The second kappa shape index (κ2) is 9.16. The maximum Gasteiger partial charge on any atom is 0.336 e. The van der Waals surface area contributed by atoms with Crippen LogP contribution in [0.2, 0.25) is 0 Å². The highest BCUT2D eigenvalue weighted by atomic mass is 16.5. The number of ether oxygens (including phenoxy) is 2. The van der Waals surface area contributed by atoms with Gasteiger partial charge in [-0.25, -0.2) is 9.59 Å². The average Bonchev–Trinajstić information content (AvgIpc) is 2.76. The first kappa shape index (κ1) is 22.5. The topological polar surface area (TPSA) is 147 Å². The number of methoxy groups -OCH3 is 2. The molecule has 0 aliphatic rings. The van der Waals surface area contributed by atoms with E-state index in [9.17, 15) is 30.2 Å². The fourth-order valence-electron chi connectivity index (χ4n) is 2.61. The van der Waals surface area contributed by atoms with E-state index in [1.54, 1.807) is 0 Å². The number of pyridine rings is 2. The van der Waals surface area contributed by atoms with Crippen molar-refractivity contribution in [1.82, 2.24) is 0 Å². The SMILES string of the molecule is C=C(C(=O)OC)C(O)c1cc[n+]([O-])c(-c2cc(C(O)C(=C)C(=O)OC)cc[n+]2[O-])c1. The van der Waals surface area contributed by atoms with Gasteiger partial charge in [0.25, 0.3) is 11.4 Å². The summed E-state index contributed by atoms with van der Waals surface area (Å²) >= 11 is 0. The molecule has 2 aromatic rings. The van der Waals surface area contributed by atoms with E-state index in [0.717, 1.165) is 26.6 Å². The molecule has 10 heteroatoms. The van der Waals surface area contributed by atoms with Crippen molar-refractivity contribution in [3.05, 3.63) is 82.5 Å². The fraction of sp³-hybridized carbons (Fsp3) is 0.200. The van der Waals surface area contributed by atoms with E-state index in [2.05, 4.69) is 22.6 Å². The van der Waals surface area contributed by atoms with Crippen LogP contribution in [0.3, 0.4) is 0 Å². The number of carbonyl (C=O) groups excluding carboxylic acids is 2. The van der Waals surface area contributed by atoms with Gasteiger partial charge in [0, 0.05) is 24.3 Å². The van der Waals surface area contributed by atoms with Gasteiger partial charge >= 0.3 is 11.9 Å². The van der Waals surface area contributed by atoms with E-state index < -0.39 is 24.1 Å². The molecule has 0 spiro atoms. The molecule has 0 bridgehead atoms. The molecule has 0 fully saturated rings. The number of hydrogen-bond acceptors (Lipinski definition) is 8. The van der Waals surface area contributed by atoms with Gasteiger partial charge in [0.2, 0.25) is 0 Å². The highest BCUT2D eigenvalue weighted by molar-refractivity contribution is 5.89. The molecule has 2 aromatic heterocycles. The summed E-state index contributed by atoms with van der Waals surface area (Å²) in [6, 6.07) is 4.89. The van der Waals surface area contributed by atoms with Crippen molar-refractivity contribution < 1.29 is 38.7 Å². The molecule has 158 valence electrons. The lowest BCUT2D eigenvalue weighted by atomic mass is 10.0. The second-order valence-electron chi connectivity index (χ2n) is 6.18. The summed E-state index contributed by atoms with van der Waals surface area (Å²) in [5, 5.41) is 45.2. The molecule has 2 rings (SSSR count). The van der Waals surface area contributed by atoms with E-state index in [4.69, 9.17) is 0 Å². The molecule has 0 aliphatic heterocycles. The highest BCUT2D eigenvalue weighted by Crippen LogP contribution is 2.26. The third-order valence-electron chi connectivity index (χ3n) is 4.34. The van der Waals surface area contributed by atoms with Gasteiger partial charge < -0.3 is 30.1 Å². The molecular weight excluding hydrogens is 396 g/mol. The number of esters is 2. The Labute approximate surface area is 171 Å². The van der Waals surface area contributed by atoms with E-state index >= 15 is 0 Å². The molecule has 0 saturated carbocycles. The Morgan fingerprint density at radius 2 is 1.20 bits per heavy atom. The smallest absolute Gasteiger partial charge is 0.336 e. The third-order valence-corrected chi connectivity index (χ3v) is 4.34. The quantitative estimate of drug-likeness (QED) is 0.280. The first-order chi connectivity index (χ1) is 14.1. The van der Waals surface area contributed by atoms with E-state index in [0.29, 0.717) is 9.46 Å². The predicted octanol–water partition coefficient (Wildman–Crippen LogP) is 0.146. The number of aromatic nitrogens is 2. The van der Waals surface area contributed by atoms with Crippen LogP contribution in [0.5, 0.6) is 0 Å². The van der Waals surface area contributed by atoms with Gasteiger partial charge in [-0.05, 0) is 11.1 Å². The van der Waals surface area contributed by atoms with Gasteiger partial charge in [0.05, 0.1) is 25.4 Å². The number of hydrogen-bond donors (Lipinski definition) is 2. The fourth-order valence-corrected chi connectivity index (χ4v) is 2.61. The van der Waals surface area contributed by atoms with Crippen molar-refractivity contribution >= 4 is 11.9 Å². The molecule has 0 aromatic carbocycles. The zero-order chi connectivity index (χ0) is 22.6. The first-order valence-corrected chi connectivity index (χ1v) is 8.49. The van der Waals surface area contributed by atoms with E-state index in [1.165, 1.54) is 24.3 Å². The molecule has 30 heavy (non-hydrogen) atoms. The Bertz CT molecular complexity index is 936. The Morgan fingerprint density at radius 3 is 1.50 bits per heavy atom. The minimum atomic E-state index is -1.48. The number of rotatable bonds is 7. The number of aliphatic hydroxyl groups excluding tert-OH is 2. The molecule has 0 aliphatic carbocycles. The third kappa shape index (κ3) is 4.45. The molecule has 2 N–H and O–H groups in total. The van der Waals surface area contributed by atoms with Gasteiger partial charge in [-0.3, -0.25) is 0 Å².